The van der Waals surface area contributed by atoms with Crippen molar-refractivity contribution in [3.63, 3.8) is 0 Å². The zero-order valence-electron chi connectivity index (χ0n) is 11.0. The molecule has 100 valence electrons. The third-order valence-electron chi connectivity index (χ3n) is 3.05. The summed E-state index contributed by atoms with van der Waals surface area (Å²) in [6, 6.07) is 10.7. The first-order valence-electron chi connectivity index (χ1n) is 6.16. The first-order chi connectivity index (χ1) is 8.95. The molecule has 0 bridgehead atoms. The Hall–Kier alpha value is -1.19. The normalized spacial score (nSPS) is 12.5. The van der Waals surface area contributed by atoms with Gasteiger partial charge in [0.1, 0.15) is 5.82 Å². The van der Waals surface area contributed by atoms with E-state index in [0.29, 0.717) is 5.56 Å². The molecule has 3 heteroatoms. The molecule has 0 saturated heterocycles. The Morgan fingerprint density at radius 1 is 1.11 bits per heavy atom. The van der Waals surface area contributed by atoms with Gasteiger partial charge in [0.15, 0.2) is 0 Å². The van der Waals surface area contributed by atoms with Gasteiger partial charge in [-0.05, 0) is 43.2 Å². The average molecular weight is 323 g/mol. The second-order valence-electron chi connectivity index (χ2n) is 4.88. The Bertz CT molecular complexity index is 575. The van der Waals surface area contributed by atoms with Crippen LogP contribution in [0, 0.1) is 19.7 Å². The predicted octanol–water partition coefficient (Wildman–Crippen LogP) is 4.48. The summed E-state index contributed by atoms with van der Waals surface area (Å²) in [5.74, 6) is -0.286. The lowest BCUT2D eigenvalue weighted by molar-refractivity contribution is 0.177. The molecule has 1 atom stereocenters. The summed E-state index contributed by atoms with van der Waals surface area (Å²) in [7, 11) is 0. The van der Waals surface area contributed by atoms with E-state index in [9.17, 15) is 9.50 Å². The minimum atomic E-state index is -0.692. The maximum atomic E-state index is 13.7. The smallest absolute Gasteiger partial charge is 0.126 e. The highest BCUT2D eigenvalue weighted by Crippen LogP contribution is 2.24. The van der Waals surface area contributed by atoms with Crippen LogP contribution in [0.1, 0.15) is 28.4 Å². The van der Waals surface area contributed by atoms with Crippen molar-refractivity contribution in [3.8, 4) is 0 Å². The van der Waals surface area contributed by atoms with E-state index >= 15 is 0 Å². The number of hydrogen-bond donors (Lipinski definition) is 1. The molecule has 2 aromatic rings. The van der Waals surface area contributed by atoms with Crippen molar-refractivity contribution in [1.29, 1.82) is 0 Å². The minimum Gasteiger partial charge on any atom is -0.388 e. The van der Waals surface area contributed by atoms with Crippen LogP contribution in [0.15, 0.2) is 40.9 Å². The van der Waals surface area contributed by atoms with Crippen LogP contribution in [-0.2, 0) is 6.42 Å². The first kappa shape index (κ1) is 14.2. The highest BCUT2D eigenvalue weighted by Gasteiger charge is 2.12. The van der Waals surface area contributed by atoms with Gasteiger partial charge in [0, 0.05) is 10.9 Å². The maximum Gasteiger partial charge on any atom is 0.126 e. The van der Waals surface area contributed by atoms with Gasteiger partial charge in [0.25, 0.3) is 0 Å². The molecule has 0 aliphatic carbocycles. The fraction of sp³-hybridized carbons (Fsp3) is 0.250. The topological polar surface area (TPSA) is 20.2 Å². The molecule has 0 heterocycles. The van der Waals surface area contributed by atoms with E-state index in [1.165, 1.54) is 6.07 Å². The molecule has 19 heavy (non-hydrogen) atoms. The number of benzene rings is 2. The molecule has 2 aromatic carbocycles. The molecule has 0 aliphatic rings. The van der Waals surface area contributed by atoms with E-state index in [4.69, 9.17) is 0 Å². The molecule has 0 spiro atoms. The molecular formula is C16H16BrFO. The molecule has 0 amide bonds. The van der Waals surface area contributed by atoms with Gasteiger partial charge >= 0.3 is 0 Å². The zero-order chi connectivity index (χ0) is 14.0. The molecule has 0 radical (unpaired) electrons. The van der Waals surface area contributed by atoms with Crippen LogP contribution in [0.2, 0.25) is 0 Å². The van der Waals surface area contributed by atoms with Crippen molar-refractivity contribution in [2.45, 2.75) is 26.4 Å². The number of aryl methyl sites for hydroxylation is 2. The standard InChI is InChI=1S/C16H16BrFO/c1-10-5-11(2)7-13(6-10)16(19)9-12-8-14(17)3-4-15(12)18/h3-8,16,19H,9H2,1-2H3. The van der Waals surface area contributed by atoms with E-state index < -0.39 is 6.10 Å². The lowest BCUT2D eigenvalue weighted by Crippen LogP contribution is -2.04. The number of hydrogen-bond acceptors (Lipinski definition) is 1. The summed E-state index contributed by atoms with van der Waals surface area (Å²) in [6.07, 6.45) is -0.420. The molecule has 0 fully saturated rings. The van der Waals surface area contributed by atoms with Gasteiger partial charge in [-0.1, -0.05) is 45.3 Å². The van der Waals surface area contributed by atoms with Crippen molar-refractivity contribution in [1.82, 2.24) is 0 Å². The average Bonchev–Trinajstić information content (AvgIpc) is 2.32. The van der Waals surface area contributed by atoms with E-state index in [-0.39, 0.29) is 12.2 Å². The maximum absolute atomic E-state index is 13.7. The van der Waals surface area contributed by atoms with Gasteiger partial charge in [0.2, 0.25) is 0 Å². The molecular weight excluding hydrogens is 307 g/mol. The van der Waals surface area contributed by atoms with Crippen molar-refractivity contribution in [2.75, 3.05) is 0 Å². The first-order valence-corrected chi connectivity index (χ1v) is 6.95. The molecule has 0 saturated carbocycles. The van der Waals surface area contributed by atoms with Gasteiger partial charge in [-0.2, -0.15) is 0 Å². The van der Waals surface area contributed by atoms with Gasteiger partial charge < -0.3 is 5.11 Å². The molecule has 1 N–H and O–H groups in total. The van der Waals surface area contributed by atoms with E-state index in [1.54, 1.807) is 12.1 Å². The van der Waals surface area contributed by atoms with E-state index in [1.807, 2.05) is 26.0 Å². The second-order valence-corrected chi connectivity index (χ2v) is 5.79. The van der Waals surface area contributed by atoms with Gasteiger partial charge in [0.05, 0.1) is 6.10 Å². The highest BCUT2D eigenvalue weighted by molar-refractivity contribution is 9.10. The fourth-order valence-corrected chi connectivity index (χ4v) is 2.64. The molecule has 0 aliphatic heterocycles. The van der Waals surface area contributed by atoms with Crippen LogP contribution in [0.3, 0.4) is 0 Å². The van der Waals surface area contributed by atoms with Crippen LogP contribution < -0.4 is 0 Å². The van der Waals surface area contributed by atoms with Crippen LogP contribution in [0.25, 0.3) is 0 Å². The summed E-state index contributed by atoms with van der Waals surface area (Å²) in [6.45, 7) is 3.98. The van der Waals surface area contributed by atoms with Crippen LogP contribution in [-0.4, -0.2) is 5.11 Å². The SMILES string of the molecule is Cc1cc(C)cc(C(O)Cc2cc(Br)ccc2F)c1. The third kappa shape index (κ3) is 3.64. The van der Waals surface area contributed by atoms with Crippen LogP contribution >= 0.6 is 15.9 Å². The summed E-state index contributed by atoms with van der Waals surface area (Å²) >= 11 is 3.32. The lowest BCUT2D eigenvalue weighted by atomic mass is 9.98. The van der Waals surface area contributed by atoms with E-state index in [0.717, 1.165) is 21.2 Å². The van der Waals surface area contributed by atoms with Gasteiger partial charge in [-0.15, -0.1) is 0 Å². The summed E-state index contributed by atoms with van der Waals surface area (Å²) in [5.41, 5.74) is 3.55. The van der Waals surface area contributed by atoms with Gasteiger partial charge in [-0.3, -0.25) is 0 Å². The minimum absolute atomic E-state index is 0.272. The molecule has 1 unspecified atom stereocenters. The van der Waals surface area contributed by atoms with Gasteiger partial charge in [-0.25, -0.2) is 4.39 Å². The quantitative estimate of drug-likeness (QED) is 0.883. The third-order valence-corrected chi connectivity index (χ3v) is 3.54. The van der Waals surface area contributed by atoms with Crippen LogP contribution in [0.4, 0.5) is 4.39 Å². The Kier molecular flexibility index (Phi) is 4.38. The fourth-order valence-electron chi connectivity index (χ4n) is 2.23. The number of rotatable bonds is 3. The largest absolute Gasteiger partial charge is 0.388 e. The van der Waals surface area contributed by atoms with Crippen molar-refractivity contribution < 1.29 is 9.50 Å². The molecule has 0 aromatic heterocycles. The molecule has 1 nitrogen and oxygen atoms in total. The number of halogens is 2. The lowest BCUT2D eigenvalue weighted by Gasteiger charge is -2.13. The monoisotopic (exact) mass is 322 g/mol. The Morgan fingerprint density at radius 2 is 1.74 bits per heavy atom. The van der Waals surface area contributed by atoms with Crippen molar-refractivity contribution in [2.24, 2.45) is 0 Å². The van der Waals surface area contributed by atoms with Crippen molar-refractivity contribution >= 4 is 15.9 Å². The second kappa shape index (κ2) is 5.85. The summed E-state index contributed by atoms with van der Waals surface area (Å²) in [5, 5.41) is 10.3. The Morgan fingerprint density at radius 3 is 2.37 bits per heavy atom. The summed E-state index contributed by atoms with van der Waals surface area (Å²) < 4.78 is 14.5. The number of aliphatic hydroxyl groups is 1. The Balaban J connectivity index is 2.25. The van der Waals surface area contributed by atoms with Crippen molar-refractivity contribution in [3.05, 3.63) is 68.9 Å². The summed E-state index contributed by atoms with van der Waals surface area (Å²) in [4.78, 5) is 0. The predicted molar refractivity (Wildman–Crippen MR) is 78.7 cm³/mol. The zero-order valence-corrected chi connectivity index (χ0v) is 12.5. The van der Waals surface area contributed by atoms with E-state index in [2.05, 4.69) is 22.0 Å². The van der Waals surface area contributed by atoms with Crippen LogP contribution in [0.5, 0.6) is 0 Å². The Labute approximate surface area is 121 Å². The highest BCUT2D eigenvalue weighted by atomic mass is 79.9. The molecule has 2 rings (SSSR count). The number of aliphatic hydroxyl groups excluding tert-OH is 1.